The summed E-state index contributed by atoms with van der Waals surface area (Å²) in [6.07, 6.45) is 7.80. The van der Waals surface area contributed by atoms with Crippen LogP contribution in [-0.2, 0) is 7.05 Å². The number of hydrogen-bond donors (Lipinski definition) is 2. The van der Waals surface area contributed by atoms with Gasteiger partial charge in [-0.05, 0) is 31.5 Å². The first-order chi connectivity index (χ1) is 14.7. The number of rotatable bonds is 5. The maximum atomic E-state index is 5.55. The van der Waals surface area contributed by atoms with Crippen LogP contribution in [-0.4, -0.2) is 55.6 Å². The molecule has 0 aliphatic carbocycles. The molecule has 9 nitrogen and oxygen atoms in total. The van der Waals surface area contributed by atoms with Gasteiger partial charge in [-0.3, -0.25) is 4.68 Å². The lowest BCUT2D eigenvalue weighted by atomic mass is 10.1. The first-order valence-electron chi connectivity index (χ1n) is 10.1. The van der Waals surface area contributed by atoms with Crippen LogP contribution in [0.2, 0.25) is 0 Å². The molecule has 5 rings (SSSR count). The van der Waals surface area contributed by atoms with Gasteiger partial charge < -0.3 is 15.4 Å². The van der Waals surface area contributed by atoms with Gasteiger partial charge in [0.05, 0.1) is 25.2 Å². The zero-order valence-corrected chi connectivity index (χ0v) is 17.0. The molecule has 1 fully saturated rings. The molecule has 0 aromatic carbocycles. The summed E-state index contributed by atoms with van der Waals surface area (Å²) in [6, 6.07) is 8.26. The maximum Gasteiger partial charge on any atom is 0.157 e. The standard InChI is InChI=1S/C21H24N8O/c1-28-13-14(10-24-28)21-18(30-2)9-20-23-12-17(29(20)27-21)16-6-3-7-19(26-16)25-15-5-4-8-22-11-15/h3,6-7,9-10,12-13,15,22H,4-5,8,11H2,1-2H3,(H,25,26). The second kappa shape index (κ2) is 7.75. The van der Waals surface area contributed by atoms with E-state index >= 15 is 0 Å². The second-order valence-electron chi connectivity index (χ2n) is 7.47. The van der Waals surface area contributed by atoms with E-state index in [1.165, 1.54) is 6.42 Å². The predicted octanol–water partition coefficient (Wildman–Crippen LogP) is 2.36. The normalized spacial score (nSPS) is 16.7. The number of nitrogens with zero attached hydrogens (tertiary/aromatic N) is 6. The van der Waals surface area contributed by atoms with Crippen LogP contribution in [0.3, 0.4) is 0 Å². The van der Waals surface area contributed by atoms with Crippen molar-refractivity contribution in [3.8, 4) is 28.4 Å². The highest BCUT2D eigenvalue weighted by atomic mass is 16.5. The molecule has 1 aliphatic heterocycles. The molecule has 154 valence electrons. The Balaban J connectivity index is 1.54. The zero-order chi connectivity index (χ0) is 20.5. The SMILES string of the molecule is COc1cc2ncc(-c3cccc(NC4CCCNC4)n3)n2nc1-c1cnn(C)c1. The highest BCUT2D eigenvalue weighted by molar-refractivity contribution is 5.69. The van der Waals surface area contributed by atoms with Crippen LogP contribution in [0.4, 0.5) is 5.82 Å². The number of nitrogens with one attached hydrogen (secondary N) is 2. The van der Waals surface area contributed by atoms with Crippen LogP contribution in [0.15, 0.2) is 42.9 Å². The van der Waals surface area contributed by atoms with E-state index in [-0.39, 0.29) is 0 Å². The molecule has 1 atom stereocenters. The summed E-state index contributed by atoms with van der Waals surface area (Å²) in [5, 5.41) is 16.0. The number of fused-ring (bicyclic) bond motifs is 1. The van der Waals surface area contributed by atoms with Gasteiger partial charge in [0.2, 0.25) is 0 Å². The van der Waals surface area contributed by atoms with Crippen LogP contribution >= 0.6 is 0 Å². The highest BCUT2D eigenvalue weighted by Crippen LogP contribution is 2.30. The van der Waals surface area contributed by atoms with E-state index in [9.17, 15) is 0 Å². The molecule has 0 bridgehead atoms. The summed E-state index contributed by atoms with van der Waals surface area (Å²) >= 11 is 0. The number of anilines is 1. The van der Waals surface area contributed by atoms with Crippen molar-refractivity contribution in [2.45, 2.75) is 18.9 Å². The molecule has 5 heterocycles. The molecule has 1 saturated heterocycles. The van der Waals surface area contributed by atoms with Gasteiger partial charge in [0, 0.05) is 37.5 Å². The molecule has 0 radical (unpaired) electrons. The van der Waals surface area contributed by atoms with Crippen molar-refractivity contribution >= 4 is 11.5 Å². The van der Waals surface area contributed by atoms with Crippen molar-refractivity contribution in [1.29, 1.82) is 0 Å². The van der Waals surface area contributed by atoms with Crippen molar-refractivity contribution in [3.05, 3.63) is 42.9 Å². The summed E-state index contributed by atoms with van der Waals surface area (Å²) in [4.78, 5) is 9.34. The Morgan fingerprint density at radius 1 is 1.27 bits per heavy atom. The average molecular weight is 404 g/mol. The lowest BCUT2D eigenvalue weighted by Gasteiger charge is -2.24. The molecule has 4 aromatic rings. The molecule has 1 aliphatic rings. The summed E-state index contributed by atoms with van der Waals surface area (Å²) in [5.41, 5.74) is 3.92. The number of aromatic nitrogens is 6. The fourth-order valence-electron chi connectivity index (χ4n) is 3.81. The van der Waals surface area contributed by atoms with E-state index in [1.807, 2.05) is 37.5 Å². The predicted molar refractivity (Wildman–Crippen MR) is 114 cm³/mol. The monoisotopic (exact) mass is 404 g/mol. The van der Waals surface area contributed by atoms with E-state index in [0.29, 0.717) is 23.1 Å². The number of piperidine rings is 1. The molecule has 0 spiro atoms. The number of aryl methyl sites for hydroxylation is 1. The average Bonchev–Trinajstić information content (AvgIpc) is 3.39. The number of pyridine rings is 1. The van der Waals surface area contributed by atoms with Gasteiger partial charge in [0.1, 0.15) is 17.2 Å². The minimum absolute atomic E-state index is 0.392. The Hall–Kier alpha value is -3.46. The summed E-state index contributed by atoms with van der Waals surface area (Å²) in [6.45, 7) is 2.04. The third kappa shape index (κ3) is 3.48. The Morgan fingerprint density at radius 3 is 2.97 bits per heavy atom. The number of imidazole rings is 1. The fraction of sp³-hybridized carbons (Fsp3) is 0.333. The summed E-state index contributed by atoms with van der Waals surface area (Å²) < 4.78 is 9.10. The van der Waals surface area contributed by atoms with Gasteiger partial charge in [-0.15, -0.1) is 0 Å². The number of ether oxygens (including phenoxy) is 1. The van der Waals surface area contributed by atoms with Crippen LogP contribution in [0.25, 0.3) is 28.3 Å². The quantitative estimate of drug-likeness (QED) is 0.527. The van der Waals surface area contributed by atoms with E-state index in [2.05, 4.69) is 20.7 Å². The second-order valence-corrected chi connectivity index (χ2v) is 7.47. The third-order valence-electron chi connectivity index (χ3n) is 5.32. The van der Waals surface area contributed by atoms with Crippen molar-refractivity contribution in [3.63, 3.8) is 0 Å². The van der Waals surface area contributed by atoms with Gasteiger partial charge in [-0.1, -0.05) is 6.07 Å². The molecule has 0 saturated carbocycles. The van der Waals surface area contributed by atoms with E-state index in [4.69, 9.17) is 14.8 Å². The highest BCUT2D eigenvalue weighted by Gasteiger charge is 2.17. The van der Waals surface area contributed by atoms with E-state index < -0.39 is 0 Å². The van der Waals surface area contributed by atoms with Crippen LogP contribution in [0.1, 0.15) is 12.8 Å². The van der Waals surface area contributed by atoms with E-state index in [1.54, 1.807) is 28.7 Å². The number of methoxy groups -OCH3 is 1. The molecule has 9 heteroatoms. The first-order valence-corrected chi connectivity index (χ1v) is 10.1. The minimum Gasteiger partial charge on any atom is -0.494 e. The Kier molecular flexibility index (Phi) is 4.80. The Bertz CT molecular complexity index is 1170. The minimum atomic E-state index is 0.392. The van der Waals surface area contributed by atoms with Gasteiger partial charge >= 0.3 is 0 Å². The third-order valence-corrected chi connectivity index (χ3v) is 5.32. The van der Waals surface area contributed by atoms with Crippen molar-refractivity contribution in [2.24, 2.45) is 7.05 Å². The molecule has 0 amide bonds. The lowest BCUT2D eigenvalue weighted by molar-refractivity contribution is 0.414. The van der Waals surface area contributed by atoms with Crippen LogP contribution in [0.5, 0.6) is 5.75 Å². The molecule has 4 aromatic heterocycles. The van der Waals surface area contributed by atoms with Crippen molar-refractivity contribution < 1.29 is 4.74 Å². The van der Waals surface area contributed by atoms with Gasteiger partial charge in [-0.25, -0.2) is 14.5 Å². The summed E-state index contributed by atoms with van der Waals surface area (Å²) in [7, 11) is 3.51. The van der Waals surface area contributed by atoms with Crippen LogP contribution < -0.4 is 15.4 Å². The summed E-state index contributed by atoms with van der Waals surface area (Å²) in [5.74, 6) is 1.51. The fourth-order valence-corrected chi connectivity index (χ4v) is 3.81. The smallest absolute Gasteiger partial charge is 0.157 e. The zero-order valence-electron chi connectivity index (χ0n) is 17.0. The molecule has 1 unspecified atom stereocenters. The van der Waals surface area contributed by atoms with Crippen molar-refractivity contribution in [2.75, 3.05) is 25.5 Å². The Morgan fingerprint density at radius 2 is 2.20 bits per heavy atom. The lowest BCUT2D eigenvalue weighted by Crippen LogP contribution is -2.38. The number of hydrogen-bond acceptors (Lipinski definition) is 7. The molecular weight excluding hydrogens is 380 g/mol. The van der Waals surface area contributed by atoms with Gasteiger partial charge in [-0.2, -0.15) is 10.2 Å². The van der Waals surface area contributed by atoms with Crippen LogP contribution in [0, 0.1) is 0 Å². The van der Waals surface area contributed by atoms with Gasteiger partial charge in [0.25, 0.3) is 0 Å². The molecule has 2 N–H and O–H groups in total. The van der Waals surface area contributed by atoms with Gasteiger partial charge in [0.15, 0.2) is 11.4 Å². The van der Waals surface area contributed by atoms with E-state index in [0.717, 1.165) is 42.3 Å². The van der Waals surface area contributed by atoms with Crippen molar-refractivity contribution in [1.82, 2.24) is 34.7 Å². The maximum absolute atomic E-state index is 5.55. The largest absolute Gasteiger partial charge is 0.494 e. The molecular formula is C21H24N8O. The Labute approximate surface area is 174 Å². The topological polar surface area (TPSA) is 94.2 Å². The first kappa shape index (κ1) is 18.6. The molecule has 30 heavy (non-hydrogen) atoms.